The number of aromatic nitrogens is 1. The lowest BCUT2D eigenvalue weighted by molar-refractivity contribution is 0.269. The largest absolute Gasteiger partial charge is 0.305 e. The van der Waals surface area contributed by atoms with E-state index in [-0.39, 0.29) is 0 Å². The van der Waals surface area contributed by atoms with E-state index in [4.69, 9.17) is 4.98 Å². The third-order valence-electron chi connectivity index (χ3n) is 4.42. The van der Waals surface area contributed by atoms with Crippen molar-refractivity contribution >= 4 is 11.3 Å². The molecule has 1 heterocycles. The molecular formula is C15H24N2S. The van der Waals surface area contributed by atoms with Crippen molar-refractivity contribution in [3.8, 4) is 0 Å². The molecule has 1 atom stereocenters. The predicted molar refractivity (Wildman–Crippen MR) is 77.1 cm³/mol. The molecule has 3 rings (SSSR count). The monoisotopic (exact) mass is 264 g/mol. The molecule has 2 aliphatic rings. The van der Waals surface area contributed by atoms with Crippen LogP contribution in [0.2, 0.25) is 0 Å². The number of aryl methyl sites for hydroxylation is 2. The number of rotatable bonds is 4. The summed E-state index contributed by atoms with van der Waals surface area (Å²) in [5.41, 5.74) is 1.23. The van der Waals surface area contributed by atoms with Crippen molar-refractivity contribution in [2.75, 3.05) is 0 Å². The molecule has 2 saturated carbocycles. The fraction of sp³-hybridized carbons (Fsp3) is 0.800. The molecule has 18 heavy (non-hydrogen) atoms. The van der Waals surface area contributed by atoms with Crippen molar-refractivity contribution in [2.45, 2.75) is 70.9 Å². The summed E-state index contributed by atoms with van der Waals surface area (Å²) in [6.45, 7) is 4.34. The van der Waals surface area contributed by atoms with Gasteiger partial charge in [0.05, 0.1) is 11.7 Å². The van der Waals surface area contributed by atoms with Crippen LogP contribution in [0.25, 0.3) is 0 Å². The Balaban J connectivity index is 1.78. The van der Waals surface area contributed by atoms with Crippen LogP contribution < -0.4 is 5.32 Å². The minimum absolute atomic E-state index is 0.537. The number of nitrogens with one attached hydrogen (secondary N) is 1. The van der Waals surface area contributed by atoms with Gasteiger partial charge in [0.1, 0.15) is 5.01 Å². The summed E-state index contributed by atoms with van der Waals surface area (Å²) in [5, 5.41) is 5.22. The molecule has 0 aliphatic heterocycles. The summed E-state index contributed by atoms with van der Waals surface area (Å²) in [5.74, 6) is 0.823. The third kappa shape index (κ3) is 2.77. The number of hydrogen-bond donors (Lipinski definition) is 1. The normalized spacial score (nSPS) is 23.2. The van der Waals surface area contributed by atoms with Gasteiger partial charge < -0.3 is 5.32 Å². The maximum Gasteiger partial charge on any atom is 0.110 e. The minimum atomic E-state index is 0.537. The molecule has 2 fully saturated rings. The van der Waals surface area contributed by atoms with E-state index in [1.54, 1.807) is 0 Å². The van der Waals surface area contributed by atoms with Crippen LogP contribution in [0.15, 0.2) is 0 Å². The molecule has 1 unspecified atom stereocenters. The summed E-state index contributed by atoms with van der Waals surface area (Å²) in [6.07, 6.45) is 9.78. The standard InChI is InChI=1S/C15H24N2S/c1-10-11(2)18-15(16-10)14(17-13-8-9-13)12-6-4-3-5-7-12/h12-14,17H,3-9H2,1-2H3. The zero-order valence-corrected chi connectivity index (χ0v) is 12.4. The summed E-state index contributed by atoms with van der Waals surface area (Å²) in [4.78, 5) is 6.21. The van der Waals surface area contributed by atoms with Gasteiger partial charge in [-0.05, 0) is 45.4 Å². The first-order valence-electron chi connectivity index (χ1n) is 7.44. The van der Waals surface area contributed by atoms with Crippen LogP contribution in [0, 0.1) is 19.8 Å². The highest BCUT2D eigenvalue weighted by Crippen LogP contribution is 2.38. The maximum atomic E-state index is 4.82. The van der Waals surface area contributed by atoms with Gasteiger partial charge >= 0.3 is 0 Å². The van der Waals surface area contributed by atoms with E-state index >= 15 is 0 Å². The Labute approximate surface area is 114 Å². The van der Waals surface area contributed by atoms with E-state index in [0.717, 1.165) is 12.0 Å². The van der Waals surface area contributed by atoms with Crippen LogP contribution in [-0.4, -0.2) is 11.0 Å². The molecule has 3 heteroatoms. The van der Waals surface area contributed by atoms with Crippen molar-refractivity contribution in [1.82, 2.24) is 10.3 Å². The first-order chi connectivity index (χ1) is 8.74. The molecule has 0 bridgehead atoms. The predicted octanol–water partition coefficient (Wildman–Crippen LogP) is 4.13. The second-order valence-corrected chi connectivity index (χ2v) is 7.25. The lowest BCUT2D eigenvalue weighted by Crippen LogP contribution is -2.31. The van der Waals surface area contributed by atoms with Gasteiger partial charge in [-0.3, -0.25) is 0 Å². The Kier molecular flexibility index (Phi) is 3.71. The molecule has 2 nitrogen and oxygen atoms in total. The van der Waals surface area contributed by atoms with Gasteiger partial charge in [0.15, 0.2) is 0 Å². The maximum absolute atomic E-state index is 4.82. The van der Waals surface area contributed by atoms with Crippen LogP contribution in [0.4, 0.5) is 0 Å². The second kappa shape index (κ2) is 5.30. The topological polar surface area (TPSA) is 24.9 Å². The number of hydrogen-bond acceptors (Lipinski definition) is 3. The van der Waals surface area contributed by atoms with Crippen LogP contribution in [0.5, 0.6) is 0 Å². The third-order valence-corrected chi connectivity index (χ3v) is 5.58. The van der Waals surface area contributed by atoms with E-state index in [9.17, 15) is 0 Å². The molecule has 2 aliphatic carbocycles. The zero-order chi connectivity index (χ0) is 12.5. The Bertz CT molecular complexity index is 383. The summed E-state index contributed by atoms with van der Waals surface area (Å²) in [6, 6.07) is 1.32. The van der Waals surface area contributed by atoms with Crippen LogP contribution in [0.1, 0.15) is 66.6 Å². The van der Waals surface area contributed by atoms with E-state index < -0.39 is 0 Å². The van der Waals surface area contributed by atoms with Crippen molar-refractivity contribution in [3.05, 3.63) is 15.6 Å². The molecular weight excluding hydrogens is 240 g/mol. The van der Waals surface area contributed by atoms with E-state index in [1.165, 1.54) is 60.5 Å². The van der Waals surface area contributed by atoms with Crippen LogP contribution in [0.3, 0.4) is 0 Å². The quantitative estimate of drug-likeness (QED) is 0.884. The van der Waals surface area contributed by atoms with Gasteiger partial charge in [0.25, 0.3) is 0 Å². The molecule has 1 aromatic rings. The Morgan fingerprint density at radius 2 is 1.83 bits per heavy atom. The van der Waals surface area contributed by atoms with Crippen molar-refractivity contribution < 1.29 is 0 Å². The van der Waals surface area contributed by atoms with Gasteiger partial charge in [0, 0.05) is 10.9 Å². The average molecular weight is 264 g/mol. The molecule has 1 aromatic heterocycles. The molecule has 1 N–H and O–H groups in total. The van der Waals surface area contributed by atoms with Gasteiger partial charge in [-0.1, -0.05) is 19.3 Å². The van der Waals surface area contributed by atoms with Gasteiger partial charge in [0.2, 0.25) is 0 Å². The van der Waals surface area contributed by atoms with E-state index in [1.807, 2.05) is 11.3 Å². The Morgan fingerprint density at radius 1 is 1.11 bits per heavy atom. The Morgan fingerprint density at radius 3 is 2.39 bits per heavy atom. The van der Waals surface area contributed by atoms with E-state index in [2.05, 4.69) is 19.2 Å². The summed E-state index contributed by atoms with van der Waals surface area (Å²) in [7, 11) is 0. The highest BCUT2D eigenvalue weighted by Gasteiger charge is 2.32. The van der Waals surface area contributed by atoms with Crippen LogP contribution in [-0.2, 0) is 0 Å². The van der Waals surface area contributed by atoms with Crippen molar-refractivity contribution in [3.63, 3.8) is 0 Å². The Hall–Kier alpha value is -0.410. The second-order valence-electron chi connectivity index (χ2n) is 6.01. The fourth-order valence-corrected chi connectivity index (χ4v) is 4.09. The molecule has 0 amide bonds. The van der Waals surface area contributed by atoms with Crippen molar-refractivity contribution in [2.24, 2.45) is 5.92 Å². The first kappa shape index (κ1) is 12.6. The molecule has 0 radical (unpaired) electrons. The van der Waals surface area contributed by atoms with Crippen LogP contribution >= 0.6 is 11.3 Å². The number of thiazole rings is 1. The molecule has 0 saturated heterocycles. The summed E-state index contributed by atoms with van der Waals surface area (Å²) >= 11 is 1.91. The highest BCUT2D eigenvalue weighted by molar-refractivity contribution is 7.11. The lowest BCUT2D eigenvalue weighted by Gasteiger charge is -2.29. The molecule has 0 aromatic carbocycles. The van der Waals surface area contributed by atoms with Crippen molar-refractivity contribution in [1.29, 1.82) is 0 Å². The number of nitrogens with zero attached hydrogens (tertiary/aromatic N) is 1. The molecule has 100 valence electrons. The van der Waals surface area contributed by atoms with Gasteiger partial charge in [-0.25, -0.2) is 4.98 Å². The minimum Gasteiger partial charge on any atom is -0.305 e. The smallest absolute Gasteiger partial charge is 0.110 e. The highest BCUT2D eigenvalue weighted by atomic mass is 32.1. The SMILES string of the molecule is Cc1nc(C(NC2CC2)C2CCCCC2)sc1C. The van der Waals surface area contributed by atoms with E-state index in [0.29, 0.717) is 6.04 Å². The summed E-state index contributed by atoms with van der Waals surface area (Å²) < 4.78 is 0. The average Bonchev–Trinajstić information content (AvgIpc) is 3.14. The molecule has 0 spiro atoms. The van der Waals surface area contributed by atoms with Gasteiger partial charge in [-0.2, -0.15) is 0 Å². The van der Waals surface area contributed by atoms with Gasteiger partial charge in [-0.15, -0.1) is 11.3 Å². The fourth-order valence-electron chi connectivity index (χ4n) is 3.01. The zero-order valence-electron chi connectivity index (χ0n) is 11.5. The lowest BCUT2D eigenvalue weighted by atomic mass is 9.84. The first-order valence-corrected chi connectivity index (χ1v) is 8.25.